The van der Waals surface area contributed by atoms with Gasteiger partial charge in [-0.15, -0.1) is 0 Å². The molecule has 1 heteroatoms. The molecule has 1 aromatic rings. The average molecular weight is 229 g/mol. The van der Waals surface area contributed by atoms with Crippen LogP contribution in [0.15, 0.2) is 30.3 Å². The molecule has 0 unspecified atom stereocenters. The molecule has 0 saturated heterocycles. The summed E-state index contributed by atoms with van der Waals surface area (Å²) in [5.74, 6) is 1.83. The summed E-state index contributed by atoms with van der Waals surface area (Å²) in [6.45, 7) is 1.28. The lowest BCUT2D eigenvalue weighted by Gasteiger charge is -2.29. The molecule has 1 N–H and O–H groups in total. The van der Waals surface area contributed by atoms with Crippen molar-refractivity contribution in [2.24, 2.45) is 5.92 Å². The van der Waals surface area contributed by atoms with Gasteiger partial charge in [0.1, 0.15) is 0 Å². The third-order valence-electron chi connectivity index (χ3n) is 4.39. The standard InChI is InChI=1S/C16H23N/c1-2-4-14(5-3-1)15-8-10-16(11-9-15)17-12-13-6-7-13/h1-5,13,15-17H,6-12H2. The molecule has 2 saturated carbocycles. The maximum absolute atomic E-state index is 3.76. The summed E-state index contributed by atoms with van der Waals surface area (Å²) < 4.78 is 0. The number of rotatable bonds is 4. The third kappa shape index (κ3) is 3.10. The lowest BCUT2D eigenvalue weighted by atomic mass is 9.82. The van der Waals surface area contributed by atoms with Crippen molar-refractivity contribution in [2.75, 3.05) is 6.54 Å². The first kappa shape index (κ1) is 11.3. The largest absolute Gasteiger partial charge is 0.314 e. The lowest BCUT2D eigenvalue weighted by molar-refractivity contribution is 0.340. The molecule has 0 amide bonds. The maximum atomic E-state index is 3.76. The second-order valence-corrected chi connectivity index (χ2v) is 5.81. The van der Waals surface area contributed by atoms with Gasteiger partial charge in [0.25, 0.3) is 0 Å². The number of nitrogens with one attached hydrogen (secondary N) is 1. The van der Waals surface area contributed by atoms with Gasteiger partial charge in [0, 0.05) is 6.04 Å². The van der Waals surface area contributed by atoms with Crippen molar-refractivity contribution in [1.29, 1.82) is 0 Å². The Balaban J connectivity index is 1.46. The van der Waals surface area contributed by atoms with E-state index in [1.54, 1.807) is 5.56 Å². The zero-order valence-electron chi connectivity index (χ0n) is 10.6. The van der Waals surface area contributed by atoms with Crippen LogP contribution in [0.3, 0.4) is 0 Å². The van der Waals surface area contributed by atoms with Gasteiger partial charge in [0.05, 0.1) is 0 Å². The topological polar surface area (TPSA) is 12.0 Å². The van der Waals surface area contributed by atoms with E-state index in [9.17, 15) is 0 Å². The van der Waals surface area contributed by atoms with E-state index in [1.807, 2.05) is 0 Å². The van der Waals surface area contributed by atoms with Crippen LogP contribution in [0, 0.1) is 5.92 Å². The van der Waals surface area contributed by atoms with Crippen LogP contribution in [0.5, 0.6) is 0 Å². The third-order valence-corrected chi connectivity index (χ3v) is 4.39. The van der Waals surface area contributed by atoms with Gasteiger partial charge in [-0.05, 0) is 62.5 Å². The number of hydrogen-bond donors (Lipinski definition) is 1. The van der Waals surface area contributed by atoms with E-state index in [0.717, 1.165) is 17.9 Å². The Hall–Kier alpha value is -0.820. The Bertz CT molecular complexity index is 334. The van der Waals surface area contributed by atoms with Crippen LogP contribution in [-0.4, -0.2) is 12.6 Å². The summed E-state index contributed by atoms with van der Waals surface area (Å²) in [7, 11) is 0. The van der Waals surface area contributed by atoms with Crippen molar-refractivity contribution < 1.29 is 0 Å². The Morgan fingerprint density at radius 3 is 2.24 bits per heavy atom. The predicted molar refractivity (Wildman–Crippen MR) is 72.2 cm³/mol. The average Bonchev–Trinajstić information content (AvgIpc) is 3.22. The Labute approximate surface area is 105 Å². The quantitative estimate of drug-likeness (QED) is 0.830. The monoisotopic (exact) mass is 229 g/mol. The van der Waals surface area contributed by atoms with Crippen molar-refractivity contribution in [3.05, 3.63) is 35.9 Å². The zero-order valence-corrected chi connectivity index (χ0v) is 10.6. The SMILES string of the molecule is c1ccc(C2CCC(NCC3CC3)CC2)cc1. The minimum Gasteiger partial charge on any atom is -0.314 e. The van der Waals surface area contributed by atoms with Crippen molar-refractivity contribution in [1.82, 2.24) is 5.32 Å². The Morgan fingerprint density at radius 2 is 1.59 bits per heavy atom. The molecule has 2 aliphatic rings. The molecule has 0 aliphatic heterocycles. The molecule has 0 spiro atoms. The van der Waals surface area contributed by atoms with Crippen LogP contribution in [0.25, 0.3) is 0 Å². The van der Waals surface area contributed by atoms with E-state index < -0.39 is 0 Å². The summed E-state index contributed by atoms with van der Waals surface area (Å²) in [6.07, 6.45) is 8.40. The number of hydrogen-bond acceptors (Lipinski definition) is 1. The van der Waals surface area contributed by atoms with E-state index >= 15 is 0 Å². The second kappa shape index (κ2) is 5.22. The van der Waals surface area contributed by atoms with Gasteiger partial charge in [-0.2, -0.15) is 0 Å². The molecule has 1 nitrogen and oxygen atoms in total. The van der Waals surface area contributed by atoms with Gasteiger partial charge in [-0.1, -0.05) is 30.3 Å². The molecule has 3 rings (SSSR count). The summed E-state index contributed by atoms with van der Waals surface area (Å²) in [4.78, 5) is 0. The van der Waals surface area contributed by atoms with E-state index in [4.69, 9.17) is 0 Å². The molecule has 2 aliphatic carbocycles. The molecule has 0 atom stereocenters. The van der Waals surface area contributed by atoms with Gasteiger partial charge in [-0.25, -0.2) is 0 Å². The summed E-state index contributed by atoms with van der Waals surface area (Å²) in [5, 5.41) is 3.76. The minimum atomic E-state index is 0.801. The van der Waals surface area contributed by atoms with Crippen molar-refractivity contribution >= 4 is 0 Å². The predicted octanol–water partition coefficient (Wildman–Crippen LogP) is 3.71. The Morgan fingerprint density at radius 1 is 0.882 bits per heavy atom. The highest BCUT2D eigenvalue weighted by atomic mass is 14.9. The van der Waals surface area contributed by atoms with Gasteiger partial charge < -0.3 is 5.32 Å². The molecular formula is C16H23N. The molecule has 1 aromatic carbocycles. The first-order chi connectivity index (χ1) is 8.42. The molecular weight excluding hydrogens is 206 g/mol. The Kier molecular flexibility index (Phi) is 3.46. The maximum Gasteiger partial charge on any atom is 0.00676 e. The zero-order chi connectivity index (χ0) is 11.5. The van der Waals surface area contributed by atoms with Crippen LogP contribution in [0.1, 0.15) is 50.0 Å². The second-order valence-electron chi connectivity index (χ2n) is 5.81. The molecule has 0 heterocycles. The fourth-order valence-corrected chi connectivity index (χ4v) is 3.01. The van der Waals surface area contributed by atoms with E-state index in [0.29, 0.717) is 0 Å². The van der Waals surface area contributed by atoms with E-state index in [1.165, 1.54) is 45.1 Å². The highest BCUT2D eigenvalue weighted by Crippen LogP contribution is 2.33. The molecule has 0 bridgehead atoms. The van der Waals surface area contributed by atoms with Gasteiger partial charge in [0.15, 0.2) is 0 Å². The molecule has 92 valence electrons. The van der Waals surface area contributed by atoms with E-state index in [-0.39, 0.29) is 0 Å². The first-order valence-corrected chi connectivity index (χ1v) is 7.20. The fourth-order valence-electron chi connectivity index (χ4n) is 3.01. The van der Waals surface area contributed by atoms with Crippen LogP contribution >= 0.6 is 0 Å². The van der Waals surface area contributed by atoms with Crippen LogP contribution < -0.4 is 5.32 Å². The van der Waals surface area contributed by atoms with Crippen LogP contribution in [-0.2, 0) is 0 Å². The fraction of sp³-hybridized carbons (Fsp3) is 0.625. The highest BCUT2D eigenvalue weighted by molar-refractivity contribution is 5.20. The van der Waals surface area contributed by atoms with Crippen molar-refractivity contribution in [3.63, 3.8) is 0 Å². The molecule has 0 aromatic heterocycles. The van der Waals surface area contributed by atoms with Gasteiger partial charge >= 0.3 is 0 Å². The van der Waals surface area contributed by atoms with Gasteiger partial charge in [0.2, 0.25) is 0 Å². The van der Waals surface area contributed by atoms with Crippen LogP contribution in [0.4, 0.5) is 0 Å². The number of benzene rings is 1. The molecule has 17 heavy (non-hydrogen) atoms. The normalized spacial score (nSPS) is 29.2. The lowest BCUT2D eigenvalue weighted by Crippen LogP contribution is -2.34. The molecule has 2 fully saturated rings. The summed E-state index contributed by atoms with van der Waals surface area (Å²) >= 11 is 0. The first-order valence-electron chi connectivity index (χ1n) is 7.20. The van der Waals surface area contributed by atoms with E-state index in [2.05, 4.69) is 35.6 Å². The minimum absolute atomic E-state index is 0.801. The summed E-state index contributed by atoms with van der Waals surface area (Å²) in [6, 6.07) is 11.9. The van der Waals surface area contributed by atoms with Crippen LogP contribution in [0.2, 0.25) is 0 Å². The van der Waals surface area contributed by atoms with Crippen molar-refractivity contribution in [3.8, 4) is 0 Å². The smallest absolute Gasteiger partial charge is 0.00676 e. The highest BCUT2D eigenvalue weighted by Gasteiger charge is 2.25. The molecule has 0 radical (unpaired) electrons. The van der Waals surface area contributed by atoms with Gasteiger partial charge in [-0.3, -0.25) is 0 Å². The summed E-state index contributed by atoms with van der Waals surface area (Å²) in [5.41, 5.74) is 1.55. The van der Waals surface area contributed by atoms with Crippen molar-refractivity contribution in [2.45, 2.75) is 50.5 Å².